The second kappa shape index (κ2) is 11.4. The molecular formula is C16H31F3IN5. The van der Waals surface area contributed by atoms with Gasteiger partial charge in [0.05, 0.1) is 6.54 Å². The first-order valence-corrected chi connectivity index (χ1v) is 8.92. The second-order valence-electron chi connectivity index (χ2n) is 6.79. The molecule has 5 nitrogen and oxygen atoms in total. The Bertz CT molecular complexity index is 400. The fourth-order valence-corrected chi connectivity index (χ4v) is 3.45. The molecule has 0 amide bonds. The van der Waals surface area contributed by atoms with Gasteiger partial charge in [-0.25, -0.2) is 0 Å². The summed E-state index contributed by atoms with van der Waals surface area (Å²) >= 11 is 0. The Kier molecular flexibility index (Phi) is 10.4. The zero-order chi connectivity index (χ0) is 17.4. The molecule has 1 unspecified atom stereocenters. The van der Waals surface area contributed by atoms with Gasteiger partial charge >= 0.3 is 6.18 Å². The lowest BCUT2D eigenvalue weighted by molar-refractivity contribution is -0.143. The fourth-order valence-electron chi connectivity index (χ4n) is 3.45. The van der Waals surface area contributed by atoms with Crippen molar-refractivity contribution in [3.05, 3.63) is 0 Å². The van der Waals surface area contributed by atoms with E-state index in [0.717, 1.165) is 25.5 Å². The smallest absolute Gasteiger partial charge is 0.356 e. The number of likely N-dealkylation sites (tertiary alicyclic amines) is 2. The Hall–Kier alpha value is -0.290. The maximum atomic E-state index is 12.4. The van der Waals surface area contributed by atoms with Crippen LogP contribution in [0, 0.1) is 5.92 Å². The van der Waals surface area contributed by atoms with Gasteiger partial charge in [0.1, 0.15) is 0 Å². The molecular weight excluding hydrogens is 446 g/mol. The molecule has 1 atom stereocenters. The van der Waals surface area contributed by atoms with Crippen molar-refractivity contribution in [3.8, 4) is 0 Å². The lowest BCUT2D eigenvalue weighted by Gasteiger charge is -2.26. The Balaban J connectivity index is 0.00000312. The van der Waals surface area contributed by atoms with Gasteiger partial charge in [-0.15, -0.1) is 24.0 Å². The van der Waals surface area contributed by atoms with E-state index >= 15 is 0 Å². The normalized spacial score (nSPS) is 23.4. The minimum Gasteiger partial charge on any atom is -0.356 e. The molecule has 2 aliphatic heterocycles. The average molecular weight is 477 g/mol. The first-order chi connectivity index (χ1) is 11.5. The summed E-state index contributed by atoms with van der Waals surface area (Å²) in [6, 6.07) is 0. The van der Waals surface area contributed by atoms with Crippen molar-refractivity contribution in [3.63, 3.8) is 0 Å². The highest BCUT2D eigenvalue weighted by molar-refractivity contribution is 14.0. The zero-order valence-corrected chi connectivity index (χ0v) is 17.3. The number of halogens is 4. The Morgan fingerprint density at radius 2 is 1.80 bits per heavy atom. The number of aliphatic imine (C=N–C) groups is 1. The summed E-state index contributed by atoms with van der Waals surface area (Å²) in [5, 5.41) is 6.54. The Morgan fingerprint density at radius 1 is 1.08 bits per heavy atom. The molecule has 2 rings (SSSR count). The van der Waals surface area contributed by atoms with E-state index in [2.05, 4.69) is 20.5 Å². The van der Waals surface area contributed by atoms with Gasteiger partial charge in [0, 0.05) is 33.2 Å². The van der Waals surface area contributed by atoms with Crippen LogP contribution in [0.5, 0.6) is 0 Å². The van der Waals surface area contributed by atoms with Gasteiger partial charge in [0.15, 0.2) is 5.96 Å². The highest BCUT2D eigenvalue weighted by Gasteiger charge is 2.34. The van der Waals surface area contributed by atoms with Gasteiger partial charge in [-0.1, -0.05) is 6.42 Å². The number of alkyl halides is 3. The predicted molar refractivity (Wildman–Crippen MR) is 106 cm³/mol. The fraction of sp³-hybridized carbons (Fsp3) is 0.938. The number of guanidine groups is 1. The van der Waals surface area contributed by atoms with Crippen LogP contribution in [0.25, 0.3) is 0 Å². The van der Waals surface area contributed by atoms with Crippen molar-refractivity contribution < 1.29 is 13.2 Å². The van der Waals surface area contributed by atoms with Crippen molar-refractivity contribution in [2.45, 2.75) is 31.9 Å². The van der Waals surface area contributed by atoms with Crippen molar-refractivity contribution >= 4 is 29.9 Å². The van der Waals surface area contributed by atoms with Crippen molar-refractivity contribution in [2.75, 3.05) is 59.4 Å². The van der Waals surface area contributed by atoms with Crippen molar-refractivity contribution in [1.82, 2.24) is 20.4 Å². The number of hydrogen-bond acceptors (Lipinski definition) is 3. The lowest BCUT2D eigenvalue weighted by atomic mass is 10.1. The van der Waals surface area contributed by atoms with Gasteiger partial charge in [0.25, 0.3) is 0 Å². The topological polar surface area (TPSA) is 42.9 Å². The maximum absolute atomic E-state index is 12.4. The third kappa shape index (κ3) is 9.28. The first kappa shape index (κ1) is 22.8. The average Bonchev–Trinajstić information content (AvgIpc) is 2.97. The van der Waals surface area contributed by atoms with Gasteiger partial charge in [0.2, 0.25) is 0 Å². The van der Waals surface area contributed by atoms with E-state index in [1.165, 1.54) is 37.3 Å². The Labute approximate surface area is 165 Å². The monoisotopic (exact) mass is 477 g/mol. The van der Waals surface area contributed by atoms with Crippen LogP contribution < -0.4 is 10.6 Å². The molecule has 0 aromatic carbocycles. The van der Waals surface area contributed by atoms with Crippen LogP contribution in [-0.2, 0) is 0 Å². The molecule has 0 bridgehead atoms. The Morgan fingerprint density at radius 3 is 2.44 bits per heavy atom. The highest BCUT2D eigenvalue weighted by atomic mass is 127. The lowest BCUT2D eigenvalue weighted by Crippen LogP contribution is -2.44. The molecule has 2 saturated heterocycles. The van der Waals surface area contributed by atoms with E-state index in [1.54, 1.807) is 7.05 Å². The molecule has 25 heavy (non-hydrogen) atoms. The number of nitrogens with zero attached hydrogens (tertiary/aromatic N) is 3. The summed E-state index contributed by atoms with van der Waals surface area (Å²) < 4.78 is 37.2. The summed E-state index contributed by atoms with van der Waals surface area (Å²) in [4.78, 5) is 8.13. The molecule has 148 valence electrons. The SMILES string of the molecule is CN=C(NCCN1CCCCC1)NCC1CCN(CC(F)(F)F)C1.I. The molecule has 2 heterocycles. The van der Waals surface area contributed by atoms with Crippen LogP contribution in [-0.4, -0.2) is 81.3 Å². The summed E-state index contributed by atoms with van der Waals surface area (Å²) in [6.07, 6.45) is 0.592. The molecule has 2 aliphatic rings. The van der Waals surface area contributed by atoms with Gasteiger partial charge in [-0.2, -0.15) is 13.2 Å². The van der Waals surface area contributed by atoms with Crippen LogP contribution in [0.4, 0.5) is 13.2 Å². The van der Waals surface area contributed by atoms with E-state index in [4.69, 9.17) is 0 Å². The third-order valence-corrected chi connectivity index (χ3v) is 4.72. The summed E-state index contributed by atoms with van der Waals surface area (Å²) in [5.41, 5.74) is 0. The molecule has 2 fully saturated rings. The van der Waals surface area contributed by atoms with Crippen LogP contribution in [0.1, 0.15) is 25.7 Å². The molecule has 9 heteroatoms. The number of piperidine rings is 1. The minimum atomic E-state index is -4.10. The van der Waals surface area contributed by atoms with E-state index in [0.29, 0.717) is 19.6 Å². The molecule has 0 aliphatic carbocycles. The standard InChI is InChI=1S/C16H30F3N5.HI/c1-20-15(21-6-10-23-7-3-2-4-8-23)22-11-14-5-9-24(12-14)13-16(17,18)19;/h14H,2-13H2,1H3,(H2,20,21,22);1H. The van der Waals surface area contributed by atoms with Gasteiger partial charge in [-0.3, -0.25) is 9.89 Å². The molecule has 2 N–H and O–H groups in total. The van der Waals surface area contributed by atoms with Crippen LogP contribution >= 0.6 is 24.0 Å². The largest absolute Gasteiger partial charge is 0.401 e. The first-order valence-electron chi connectivity index (χ1n) is 8.92. The van der Waals surface area contributed by atoms with Gasteiger partial charge < -0.3 is 15.5 Å². The summed E-state index contributed by atoms with van der Waals surface area (Å²) in [7, 11) is 1.72. The molecule has 0 saturated carbocycles. The molecule has 0 spiro atoms. The molecule has 0 radical (unpaired) electrons. The third-order valence-electron chi connectivity index (χ3n) is 4.72. The quantitative estimate of drug-likeness (QED) is 0.350. The predicted octanol–water partition coefficient (Wildman–Crippen LogP) is 2.14. The van der Waals surface area contributed by atoms with Gasteiger partial charge in [-0.05, 0) is 44.8 Å². The van der Waals surface area contributed by atoms with Crippen molar-refractivity contribution in [1.29, 1.82) is 0 Å². The van der Waals surface area contributed by atoms with Crippen LogP contribution in [0.2, 0.25) is 0 Å². The number of hydrogen-bond donors (Lipinski definition) is 2. The highest BCUT2D eigenvalue weighted by Crippen LogP contribution is 2.22. The van der Waals surface area contributed by atoms with E-state index in [9.17, 15) is 13.2 Å². The molecule has 0 aromatic heterocycles. The van der Waals surface area contributed by atoms with E-state index < -0.39 is 12.7 Å². The summed E-state index contributed by atoms with van der Waals surface area (Å²) in [5.74, 6) is 0.981. The van der Waals surface area contributed by atoms with E-state index in [1.807, 2.05) is 0 Å². The maximum Gasteiger partial charge on any atom is 0.401 e. The van der Waals surface area contributed by atoms with Crippen LogP contribution in [0.3, 0.4) is 0 Å². The molecule has 0 aromatic rings. The summed E-state index contributed by atoms with van der Waals surface area (Å²) in [6.45, 7) is 5.07. The minimum absolute atomic E-state index is 0. The zero-order valence-electron chi connectivity index (χ0n) is 14.9. The van der Waals surface area contributed by atoms with E-state index in [-0.39, 0.29) is 29.9 Å². The number of nitrogens with one attached hydrogen (secondary N) is 2. The number of rotatable bonds is 6. The van der Waals surface area contributed by atoms with Crippen LogP contribution in [0.15, 0.2) is 4.99 Å². The van der Waals surface area contributed by atoms with Crippen molar-refractivity contribution in [2.24, 2.45) is 10.9 Å². The second-order valence-corrected chi connectivity index (χ2v) is 6.79.